The zero-order chi connectivity index (χ0) is 12.0. The summed E-state index contributed by atoms with van der Waals surface area (Å²) in [6, 6.07) is 6.42. The van der Waals surface area contributed by atoms with E-state index in [9.17, 15) is 9.90 Å². The molecular formula is C12H17NO3. The van der Waals surface area contributed by atoms with Crippen molar-refractivity contribution in [1.29, 1.82) is 0 Å². The van der Waals surface area contributed by atoms with Crippen LogP contribution in [-0.4, -0.2) is 29.3 Å². The van der Waals surface area contributed by atoms with E-state index in [1.807, 2.05) is 6.92 Å². The number of carbonyl (C=O) groups is 1. The smallest absolute Gasteiger partial charge is 0.255 e. The van der Waals surface area contributed by atoms with Crippen LogP contribution in [0.1, 0.15) is 23.7 Å². The summed E-state index contributed by atoms with van der Waals surface area (Å²) in [5.41, 5.74) is 0.277. The van der Waals surface area contributed by atoms with Gasteiger partial charge in [-0.25, -0.2) is 0 Å². The third kappa shape index (κ3) is 3.55. The molecule has 1 aromatic carbocycles. The average Bonchev–Trinajstić information content (AvgIpc) is 2.27. The second kappa shape index (κ2) is 6.12. The summed E-state index contributed by atoms with van der Waals surface area (Å²) in [7, 11) is 0. The van der Waals surface area contributed by atoms with Gasteiger partial charge < -0.3 is 15.5 Å². The molecule has 4 heteroatoms. The third-order valence-electron chi connectivity index (χ3n) is 2.38. The molecule has 0 aliphatic carbocycles. The average molecular weight is 223 g/mol. The van der Waals surface area contributed by atoms with Gasteiger partial charge in [0, 0.05) is 13.2 Å². The Morgan fingerprint density at radius 3 is 2.75 bits per heavy atom. The lowest BCUT2D eigenvalue weighted by Crippen LogP contribution is -2.28. The number of hydrogen-bond acceptors (Lipinski definition) is 3. The van der Waals surface area contributed by atoms with Gasteiger partial charge in [-0.3, -0.25) is 4.79 Å². The van der Waals surface area contributed by atoms with Crippen molar-refractivity contribution in [2.24, 2.45) is 5.92 Å². The van der Waals surface area contributed by atoms with Crippen LogP contribution in [0.5, 0.6) is 5.75 Å². The number of aromatic hydroxyl groups is 1. The van der Waals surface area contributed by atoms with Gasteiger partial charge in [-0.15, -0.1) is 0 Å². The Morgan fingerprint density at radius 1 is 1.44 bits per heavy atom. The van der Waals surface area contributed by atoms with Crippen molar-refractivity contribution >= 4 is 5.91 Å². The van der Waals surface area contributed by atoms with Crippen LogP contribution in [0.4, 0.5) is 0 Å². The molecule has 1 atom stereocenters. The lowest BCUT2D eigenvalue weighted by atomic mass is 10.1. The summed E-state index contributed by atoms with van der Waals surface area (Å²) >= 11 is 0. The topological polar surface area (TPSA) is 69.6 Å². The van der Waals surface area contributed by atoms with Gasteiger partial charge in [0.2, 0.25) is 0 Å². The van der Waals surface area contributed by atoms with E-state index < -0.39 is 0 Å². The molecule has 1 amide bonds. The van der Waals surface area contributed by atoms with Crippen molar-refractivity contribution in [3.63, 3.8) is 0 Å². The second-order valence-corrected chi connectivity index (χ2v) is 3.84. The molecular weight excluding hydrogens is 206 g/mol. The molecule has 88 valence electrons. The number of rotatable bonds is 5. The summed E-state index contributed by atoms with van der Waals surface area (Å²) in [6.07, 6.45) is 0.654. The molecule has 0 fully saturated rings. The van der Waals surface area contributed by atoms with E-state index in [1.165, 1.54) is 6.07 Å². The number of para-hydroxylation sites is 1. The molecule has 0 aliphatic heterocycles. The maximum absolute atomic E-state index is 11.6. The van der Waals surface area contributed by atoms with Crippen molar-refractivity contribution in [2.75, 3.05) is 13.2 Å². The number of phenols is 1. The quantitative estimate of drug-likeness (QED) is 0.701. The molecule has 0 aliphatic rings. The van der Waals surface area contributed by atoms with Crippen LogP contribution < -0.4 is 5.32 Å². The Bertz CT molecular complexity index is 352. The molecule has 0 saturated carbocycles. The molecule has 1 rings (SSSR count). The van der Waals surface area contributed by atoms with Crippen LogP contribution >= 0.6 is 0 Å². The Kier molecular flexibility index (Phi) is 4.79. The molecule has 3 N–H and O–H groups in total. The maximum atomic E-state index is 11.6. The van der Waals surface area contributed by atoms with Crippen molar-refractivity contribution < 1.29 is 15.0 Å². The Hall–Kier alpha value is -1.55. The summed E-state index contributed by atoms with van der Waals surface area (Å²) in [5, 5.41) is 20.9. The highest BCUT2D eigenvalue weighted by Crippen LogP contribution is 2.15. The first-order valence-corrected chi connectivity index (χ1v) is 5.32. The Morgan fingerprint density at radius 2 is 2.12 bits per heavy atom. The normalized spacial score (nSPS) is 12.1. The molecule has 0 heterocycles. The molecule has 0 radical (unpaired) electrons. The van der Waals surface area contributed by atoms with Gasteiger partial charge in [0.25, 0.3) is 5.91 Å². The van der Waals surface area contributed by atoms with Crippen molar-refractivity contribution in [1.82, 2.24) is 5.32 Å². The van der Waals surface area contributed by atoms with Gasteiger partial charge in [-0.1, -0.05) is 19.1 Å². The van der Waals surface area contributed by atoms with Gasteiger partial charge in [0.1, 0.15) is 5.75 Å². The van der Waals surface area contributed by atoms with Crippen LogP contribution in [0, 0.1) is 5.92 Å². The van der Waals surface area contributed by atoms with Gasteiger partial charge >= 0.3 is 0 Å². The number of carbonyl (C=O) groups excluding carboxylic acids is 1. The molecule has 0 bridgehead atoms. The number of aliphatic hydroxyl groups is 1. The number of amides is 1. The van der Waals surface area contributed by atoms with Crippen LogP contribution in [0.25, 0.3) is 0 Å². The summed E-state index contributed by atoms with van der Waals surface area (Å²) in [6.45, 7) is 2.56. The molecule has 0 saturated heterocycles. The minimum absolute atomic E-state index is 0.0187. The minimum atomic E-state index is -0.289. The largest absolute Gasteiger partial charge is 0.507 e. The standard InChI is InChI=1S/C12H17NO3/c1-9(6-7-14)8-13-12(16)10-4-2-3-5-11(10)15/h2-5,9,14-15H,6-8H2,1H3,(H,13,16). The molecule has 0 aromatic heterocycles. The van der Waals surface area contributed by atoms with E-state index in [2.05, 4.69) is 5.32 Å². The van der Waals surface area contributed by atoms with E-state index >= 15 is 0 Å². The lowest BCUT2D eigenvalue weighted by molar-refractivity contribution is 0.0943. The van der Waals surface area contributed by atoms with Gasteiger partial charge in [0.15, 0.2) is 0 Å². The predicted octanol–water partition coefficient (Wildman–Crippen LogP) is 1.14. The zero-order valence-electron chi connectivity index (χ0n) is 9.31. The predicted molar refractivity (Wildman–Crippen MR) is 61.3 cm³/mol. The zero-order valence-corrected chi connectivity index (χ0v) is 9.31. The Labute approximate surface area is 94.9 Å². The number of hydrogen-bond donors (Lipinski definition) is 3. The van der Waals surface area contributed by atoms with Gasteiger partial charge in [-0.2, -0.15) is 0 Å². The van der Waals surface area contributed by atoms with Crippen LogP contribution in [0.2, 0.25) is 0 Å². The fourth-order valence-corrected chi connectivity index (χ4v) is 1.35. The van der Waals surface area contributed by atoms with Gasteiger partial charge in [0.05, 0.1) is 5.56 Å². The first kappa shape index (κ1) is 12.5. The first-order valence-electron chi connectivity index (χ1n) is 5.32. The van der Waals surface area contributed by atoms with Crippen LogP contribution in [-0.2, 0) is 0 Å². The van der Waals surface area contributed by atoms with E-state index in [1.54, 1.807) is 18.2 Å². The van der Waals surface area contributed by atoms with E-state index in [4.69, 9.17) is 5.11 Å². The lowest BCUT2D eigenvalue weighted by Gasteiger charge is -2.11. The molecule has 1 unspecified atom stereocenters. The minimum Gasteiger partial charge on any atom is -0.507 e. The molecule has 1 aromatic rings. The summed E-state index contributed by atoms with van der Waals surface area (Å²) in [5.74, 6) is -0.0856. The number of aliphatic hydroxyl groups excluding tert-OH is 1. The van der Waals surface area contributed by atoms with Crippen molar-refractivity contribution in [3.8, 4) is 5.75 Å². The number of phenolic OH excluding ortho intramolecular Hbond substituents is 1. The highest BCUT2D eigenvalue weighted by Gasteiger charge is 2.10. The van der Waals surface area contributed by atoms with Crippen LogP contribution in [0.15, 0.2) is 24.3 Å². The fourth-order valence-electron chi connectivity index (χ4n) is 1.35. The SMILES string of the molecule is CC(CCO)CNC(=O)c1ccccc1O. The monoisotopic (exact) mass is 223 g/mol. The van der Waals surface area contributed by atoms with Crippen molar-refractivity contribution in [3.05, 3.63) is 29.8 Å². The fraction of sp³-hybridized carbons (Fsp3) is 0.417. The number of benzene rings is 1. The first-order chi connectivity index (χ1) is 7.65. The molecule has 0 spiro atoms. The molecule has 16 heavy (non-hydrogen) atoms. The highest BCUT2D eigenvalue weighted by atomic mass is 16.3. The van der Waals surface area contributed by atoms with E-state index in [0.29, 0.717) is 13.0 Å². The maximum Gasteiger partial charge on any atom is 0.255 e. The highest BCUT2D eigenvalue weighted by molar-refractivity contribution is 5.96. The van der Waals surface area contributed by atoms with E-state index in [-0.39, 0.29) is 29.7 Å². The second-order valence-electron chi connectivity index (χ2n) is 3.84. The van der Waals surface area contributed by atoms with Crippen molar-refractivity contribution in [2.45, 2.75) is 13.3 Å². The Balaban J connectivity index is 2.50. The third-order valence-corrected chi connectivity index (χ3v) is 2.38. The number of nitrogens with one attached hydrogen (secondary N) is 1. The van der Waals surface area contributed by atoms with E-state index in [0.717, 1.165) is 0 Å². The summed E-state index contributed by atoms with van der Waals surface area (Å²) < 4.78 is 0. The van der Waals surface area contributed by atoms with Crippen LogP contribution in [0.3, 0.4) is 0 Å². The summed E-state index contributed by atoms with van der Waals surface area (Å²) in [4.78, 5) is 11.6. The van der Waals surface area contributed by atoms with Gasteiger partial charge in [-0.05, 0) is 24.5 Å². The molecule has 4 nitrogen and oxygen atoms in total.